The smallest absolute Gasteiger partial charge is 0.0890 e. The molecule has 1 N–H and O–H groups in total. The highest BCUT2D eigenvalue weighted by Gasteiger charge is 2.09. The Labute approximate surface area is 108 Å². The van der Waals surface area contributed by atoms with E-state index >= 15 is 0 Å². The molecule has 0 aliphatic heterocycles. The average molecular weight is 241 g/mol. The van der Waals surface area contributed by atoms with Crippen LogP contribution in [0.1, 0.15) is 32.5 Å². The molecule has 1 aromatic carbocycles. The van der Waals surface area contributed by atoms with E-state index in [1.54, 1.807) is 0 Å². The van der Waals surface area contributed by atoms with Crippen LogP contribution in [0.5, 0.6) is 0 Å². The van der Waals surface area contributed by atoms with E-state index in [-0.39, 0.29) is 6.04 Å². The molecule has 94 valence electrons. The summed E-state index contributed by atoms with van der Waals surface area (Å²) in [5.74, 6) is 0. The van der Waals surface area contributed by atoms with Gasteiger partial charge in [0.15, 0.2) is 0 Å². The normalized spacial score (nSPS) is 12.4. The lowest BCUT2D eigenvalue weighted by Crippen LogP contribution is -2.20. The molecule has 1 atom stereocenters. The maximum absolute atomic E-state index is 4.68. The lowest BCUT2D eigenvalue weighted by atomic mass is 10.1. The third-order valence-electron chi connectivity index (χ3n) is 2.71. The van der Waals surface area contributed by atoms with E-state index in [1.165, 1.54) is 5.57 Å². The van der Waals surface area contributed by atoms with E-state index < -0.39 is 0 Å². The fourth-order valence-electron chi connectivity index (χ4n) is 1.92. The van der Waals surface area contributed by atoms with Crippen molar-refractivity contribution in [3.05, 3.63) is 47.8 Å². The van der Waals surface area contributed by atoms with Gasteiger partial charge in [-0.3, -0.25) is 4.98 Å². The van der Waals surface area contributed by atoms with Crippen LogP contribution in [0.2, 0.25) is 0 Å². The lowest BCUT2D eigenvalue weighted by Gasteiger charge is -2.14. The van der Waals surface area contributed by atoms with Gasteiger partial charge in [-0.05, 0) is 32.5 Å². The van der Waals surface area contributed by atoms with Crippen molar-refractivity contribution in [3.63, 3.8) is 0 Å². The monoisotopic (exact) mass is 241 g/mol. The van der Waals surface area contributed by atoms with Gasteiger partial charge in [0.25, 0.3) is 0 Å². The number of hydrogen-bond donors (Lipinski definition) is 1. The topological polar surface area (TPSA) is 37.8 Å². The quantitative estimate of drug-likeness (QED) is 0.835. The van der Waals surface area contributed by atoms with E-state index in [9.17, 15) is 0 Å². The van der Waals surface area contributed by atoms with Gasteiger partial charge in [-0.25, -0.2) is 4.98 Å². The van der Waals surface area contributed by atoms with E-state index in [1.807, 2.05) is 30.5 Å². The SMILES string of the molecule is CCNC(C=C(C)C)c1cnc2ccccc2n1. The molecular formula is C15H19N3. The Hall–Kier alpha value is -1.74. The summed E-state index contributed by atoms with van der Waals surface area (Å²) >= 11 is 0. The van der Waals surface area contributed by atoms with Gasteiger partial charge >= 0.3 is 0 Å². The second-order valence-electron chi connectivity index (χ2n) is 4.56. The van der Waals surface area contributed by atoms with Crippen molar-refractivity contribution in [2.75, 3.05) is 6.54 Å². The van der Waals surface area contributed by atoms with Crippen molar-refractivity contribution < 1.29 is 0 Å². The van der Waals surface area contributed by atoms with Crippen LogP contribution in [-0.4, -0.2) is 16.5 Å². The molecule has 1 aromatic heterocycles. The maximum Gasteiger partial charge on any atom is 0.0890 e. The third kappa shape index (κ3) is 2.93. The summed E-state index contributed by atoms with van der Waals surface area (Å²) in [6, 6.07) is 8.09. The minimum atomic E-state index is 0.136. The largest absolute Gasteiger partial charge is 0.306 e. The zero-order chi connectivity index (χ0) is 13.0. The number of para-hydroxylation sites is 2. The van der Waals surface area contributed by atoms with Gasteiger partial charge in [-0.2, -0.15) is 0 Å². The Kier molecular flexibility index (Phi) is 4.05. The fourth-order valence-corrected chi connectivity index (χ4v) is 1.92. The number of fused-ring (bicyclic) bond motifs is 1. The molecule has 0 spiro atoms. The second kappa shape index (κ2) is 5.74. The van der Waals surface area contributed by atoms with Gasteiger partial charge in [0.2, 0.25) is 0 Å². The highest BCUT2D eigenvalue weighted by atomic mass is 14.9. The van der Waals surface area contributed by atoms with E-state index in [4.69, 9.17) is 0 Å². The van der Waals surface area contributed by atoms with Crippen LogP contribution in [0.4, 0.5) is 0 Å². The molecule has 2 rings (SSSR count). The third-order valence-corrected chi connectivity index (χ3v) is 2.71. The number of hydrogen-bond acceptors (Lipinski definition) is 3. The fraction of sp³-hybridized carbons (Fsp3) is 0.333. The van der Waals surface area contributed by atoms with Gasteiger partial charge in [-0.15, -0.1) is 0 Å². The molecule has 18 heavy (non-hydrogen) atoms. The van der Waals surface area contributed by atoms with Crippen LogP contribution in [0, 0.1) is 0 Å². The van der Waals surface area contributed by atoms with Gasteiger partial charge in [0.05, 0.1) is 29.0 Å². The molecule has 2 aromatic rings. The average Bonchev–Trinajstić information content (AvgIpc) is 2.37. The molecule has 3 heteroatoms. The first kappa shape index (κ1) is 12.7. The van der Waals surface area contributed by atoms with Gasteiger partial charge in [0, 0.05) is 0 Å². The minimum Gasteiger partial charge on any atom is -0.306 e. The Morgan fingerprint density at radius 2 is 2.00 bits per heavy atom. The summed E-state index contributed by atoms with van der Waals surface area (Å²) in [7, 11) is 0. The van der Waals surface area contributed by atoms with Crippen molar-refractivity contribution in [3.8, 4) is 0 Å². The molecule has 0 saturated carbocycles. The molecule has 0 radical (unpaired) electrons. The Morgan fingerprint density at radius 1 is 1.28 bits per heavy atom. The van der Waals surface area contributed by atoms with Crippen molar-refractivity contribution in [2.24, 2.45) is 0 Å². The first-order valence-electron chi connectivity index (χ1n) is 6.31. The predicted octanol–water partition coefficient (Wildman–Crippen LogP) is 3.25. The summed E-state index contributed by atoms with van der Waals surface area (Å²) in [5, 5.41) is 3.42. The first-order valence-corrected chi connectivity index (χ1v) is 6.31. The molecule has 3 nitrogen and oxygen atoms in total. The molecule has 0 amide bonds. The van der Waals surface area contributed by atoms with Crippen LogP contribution < -0.4 is 5.32 Å². The molecule has 0 saturated heterocycles. The molecule has 0 bridgehead atoms. The Balaban J connectivity index is 2.41. The molecule has 0 aliphatic rings. The van der Waals surface area contributed by atoms with Crippen molar-refractivity contribution >= 4 is 11.0 Å². The standard InChI is InChI=1S/C15H19N3/c1-4-16-14(9-11(2)3)15-10-17-12-7-5-6-8-13(12)18-15/h5-10,14,16H,4H2,1-3H3. The van der Waals surface area contributed by atoms with Crippen LogP contribution >= 0.6 is 0 Å². The first-order chi connectivity index (χ1) is 8.70. The highest BCUT2D eigenvalue weighted by molar-refractivity contribution is 5.73. The van der Waals surface area contributed by atoms with Gasteiger partial charge < -0.3 is 5.32 Å². The summed E-state index contributed by atoms with van der Waals surface area (Å²) in [6.07, 6.45) is 4.04. The van der Waals surface area contributed by atoms with Crippen LogP contribution in [-0.2, 0) is 0 Å². The van der Waals surface area contributed by atoms with Gasteiger partial charge in [0.1, 0.15) is 0 Å². The van der Waals surface area contributed by atoms with Crippen LogP contribution in [0.15, 0.2) is 42.1 Å². The number of nitrogens with one attached hydrogen (secondary N) is 1. The molecular weight excluding hydrogens is 222 g/mol. The van der Waals surface area contributed by atoms with Crippen molar-refractivity contribution in [1.29, 1.82) is 0 Å². The highest BCUT2D eigenvalue weighted by Crippen LogP contribution is 2.16. The predicted molar refractivity (Wildman–Crippen MR) is 75.4 cm³/mol. The summed E-state index contributed by atoms with van der Waals surface area (Å²) < 4.78 is 0. The van der Waals surface area contributed by atoms with Gasteiger partial charge in [-0.1, -0.05) is 30.7 Å². The van der Waals surface area contributed by atoms with E-state index in [0.717, 1.165) is 23.3 Å². The molecule has 0 fully saturated rings. The van der Waals surface area contributed by atoms with Crippen LogP contribution in [0.25, 0.3) is 11.0 Å². The Bertz CT molecular complexity index is 556. The summed E-state index contributed by atoms with van der Waals surface area (Å²) in [5.41, 5.74) is 4.13. The zero-order valence-corrected chi connectivity index (χ0v) is 11.1. The second-order valence-corrected chi connectivity index (χ2v) is 4.56. The number of nitrogens with zero attached hydrogens (tertiary/aromatic N) is 2. The summed E-state index contributed by atoms with van der Waals surface area (Å²) in [6.45, 7) is 7.20. The van der Waals surface area contributed by atoms with Crippen molar-refractivity contribution in [2.45, 2.75) is 26.8 Å². The number of benzene rings is 1. The molecule has 0 aliphatic carbocycles. The lowest BCUT2D eigenvalue weighted by molar-refractivity contribution is 0.629. The molecule has 1 unspecified atom stereocenters. The number of likely N-dealkylation sites (N-methyl/N-ethyl adjacent to an activating group) is 1. The number of allylic oxidation sites excluding steroid dienone is 1. The van der Waals surface area contributed by atoms with E-state index in [2.05, 4.69) is 42.1 Å². The maximum atomic E-state index is 4.68. The van der Waals surface area contributed by atoms with E-state index in [0.29, 0.717) is 0 Å². The minimum absolute atomic E-state index is 0.136. The van der Waals surface area contributed by atoms with Crippen molar-refractivity contribution in [1.82, 2.24) is 15.3 Å². The van der Waals surface area contributed by atoms with Crippen LogP contribution in [0.3, 0.4) is 0 Å². The zero-order valence-electron chi connectivity index (χ0n) is 11.1. The number of aromatic nitrogens is 2. The number of rotatable bonds is 4. The summed E-state index contributed by atoms with van der Waals surface area (Å²) in [4.78, 5) is 9.14. The molecule has 1 heterocycles. The Morgan fingerprint density at radius 3 is 2.67 bits per heavy atom.